The lowest BCUT2D eigenvalue weighted by Crippen LogP contribution is -2.24. The van der Waals surface area contributed by atoms with Crippen LogP contribution in [-0.2, 0) is 13.0 Å². The fourth-order valence-corrected chi connectivity index (χ4v) is 3.40. The van der Waals surface area contributed by atoms with Crippen molar-refractivity contribution in [2.75, 3.05) is 0 Å². The summed E-state index contributed by atoms with van der Waals surface area (Å²) in [5, 5.41) is 10.0. The SMILES string of the molecule is O=C(NCc1noc(Cc2cccs2)n1)c1ccc2cccc(Cl)c2n1. The van der Waals surface area contributed by atoms with Crippen LogP contribution in [0.2, 0.25) is 5.02 Å². The second kappa shape index (κ2) is 7.23. The van der Waals surface area contributed by atoms with Gasteiger partial charge in [-0.15, -0.1) is 11.3 Å². The van der Waals surface area contributed by atoms with Gasteiger partial charge in [0.2, 0.25) is 5.89 Å². The molecule has 1 N–H and O–H groups in total. The van der Waals surface area contributed by atoms with Gasteiger partial charge in [0, 0.05) is 10.3 Å². The van der Waals surface area contributed by atoms with Gasteiger partial charge in [-0.2, -0.15) is 4.98 Å². The number of nitrogens with zero attached hydrogens (tertiary/aromatic N) is 3. The maximum Gasteiger partial charge on any atom is 0.270 e. The van der Waals surface area contributed by atoms with Crippen molar-refractivity contribution >= 4 is 39.7 Å². The molecule has 0 fully saturated rings. The Morgan fingerprint density at radius 3 is 2.92 bits per heavy atom. The molecule has 3 heterocycles. The smallest absolute Gasteiger partial charge is 0.270 e. The molecule has 0 spiro atoms. The maximum atomic E-state index is 12.3. The first-order chi connectivity index (χ1) is 12.7. The van der Waals surface area contributed by atoms with Gasteiger partial charge in [-0.25, -0.2) is 4.98 Å². The number of nitrogens with one attached hydrogen (secondary N) is 1. The van der Waals surface area contributed by atoms with E-state index in [1.165, 1.54) is 0 Å². The average molecular weight is 385 g/mol. The first-order valence-electron chi connectivity index (χ1n) is 7.86. The third-order valence-corrected chi connectivity index (χ3v) is 4.91. The summed E-state index contributed by atoms with van der Waals surface area (Å²) in [6.45, 7) is 0.162. The van der Waals surface area contributed by atoms with E-state index in [2.05, 4.69) is 20.4 Å². The number of thiophene rings is 1. The molecular weight excluding hydrogens is 372 g/mol. The van der Waals surface area contributed by atoms with Crippen molar-refractivity contribution in [1.29, 1.82) is 0 Å². The number of rotatable bonds is 5. The number of halogens is 1. The predicted molar refractivity (Wildman–Crippen MR) is 99.3 cm³/mol. The third kappa shape index (κ3) is 3.58. The molecule has 0 aliphatic carbocycles. The molecule has 8 heteroatoms. The van der Waals surface area contributed by atoms with Crippen LogP contribution in [0.4, 0.5) is 0 Å². The monoisotopic (exact) mass is 384 g/mol. The van der Waals surface area contributed by atoms with Gasteiger partial charge in [0.15, 0.2) is 5.82 Å². The van der Waals surface area contributed by atoms with Gasteiger partial charge in [-0.1, -0.05) is 41.0 Å². The summed E-state index contributed by atoms with van der Waals surface area (Å²) >= 11 is 7.77. The topological polar surface area (TPSA) is 80.9 Å². The fourth-order valence-electron chi connectivity index (χ4n) is 2.48. The Hall–Kier alpha value is -2.77. The molecule has 0 bridgehead atoms. The Labute approximate surface area is 157 Å². The van der Waals surface area contributed by atoms with Crippen LogP contribution >= 0.6 is 22.9 Å². The summed E-state index contributed by atoms with van der Waals surface area (Å²) in [7, 11) is 0. The van der Waals surface area contributed by atoms with E-state index >= 15 is 0 Å². The first-order valence-corrected chi connectivity index (χ1v) is 9.12. The molecule has 1 amide bonds. The zero-order valence-electron chi connectivity index (χ0n) is 13.5. The highest BCUT2D eigenvalue weighted by atomic mass is 35.5. The number of hydrogen-bond acceptors (Lipinski definition) is 6. The molecule has 1 aromatic carbocycles. The van der Waals surface area contributed by atoms with E-state index in [4.69, 9.17) is 16.1 Å². The van der Waals surface area contributed by atoms with Crippen LogP contribution in [0.3, 0.4) is 0 Å². The highest BCUT2D eigenvalue weighted by molar-refractivity contribution is 7.09. The Kier molecular flexibility index (Phi) is 4.64. The summed E-state index contributed by atoms with van der Waals surface area (Å²) in [6.07, 6.45) is 0.587. The van der Waals surface area contributed by atoms with Gasteiger partial charge >= 0.3 is 0 Å². The number of carbonyl (C=O) groups excluding carboxylic acids is 1. The number of aromatic nitrogens is 3. The quantitative estimate of drug-likeness (QED) is 0.565. The van der Waals surface area contributed by atoms with Gasteiger partial charge in [0.25, 0.3) is 5.91 Å². The van der Waals surface area contributed by atoms with Crippen molar-refractivity contribution in [3.05, 3.63) is 75.2 Å². The average Bonchev–Trinajstić information content (AvgIpc) is 3.32. The normalized spacial score (nSPS) is 11.0. The van der Waals surface area contributed by atoms with Crippen LogP contribution in [0.5, 0.6) is 0 Å². The number of benzene rings is 1. The second-order valence-corrected chi connectivity index (χ2v) is 6.99. The molecule has 26 heavy (non-hydrogen) atoms. The minimum atomic E-state index is -0.323. The van der Waals surface area contributed by atoms with Crippen molar-refractivity contribution in [3.8, 4) is 0 Å². The molecule has 0 saturated carbocycles. The fraction of sp³-hybridized carbons (Fsp3) is 0.111. The van der Waals surface area contributed by atoms with Crippen LogP contribution < -0.4 is 5.32 Å². The lowest BCUT2D eigenvalue weighted by Gasteiger charge is -2.04. The van der Waals surface area contributed by atoms with E-state index in [1.807, 2.05) is 35.7 Å². The van der Waals surface area contributed by atoms with Crippen LogP contribution in [0.15, 0.2) is 52.4 Å². The number of hydrogen-bond donors (Lipinski definition) is 1. The molecule has 3 aromatic heterocycles. The van der Waals surface area contributed by atoms with Gasteiger partial charge in [0.05, 0.1) is 23.5 Å². The molecule has 6 nitrogen and oxygen atoms in total. The Morgan fingerprint density at radius 1 is 1.15 bits per heavy atom. The number of amides is 1. The zero-order valence-corrected chi connectivity index (χ0v) is 15.0. The summed E-state index contributed by atoms with van der Waals surface area (Å²) in [4.78, 5) is 22.1. The zero-order chi connectivity index (χ0) is 17.9. The number of fused-ring (bicyclic) bond motifs is 1. The highest BCUT2D eigenvalue weighted by Gasteiger charge is 2.12. The molecule has 0 aliphatic rings. The van der Waals surface area contributed by atoms with E-state index in [1.54, 1.807) is 23.5 Å². The van der Waals surface area contributed by atoms with Crippen molar-refractivity contribution in [1.82, 2.24) is 20.4 Å². The van der Waals surface area contributed by atoms with E-state index < -0.39 is 0 Å². The lowest BCUT2D eigenvalue weighted by molar-refractivity contribution is 0.0945. The van der Waals surface area contributed by atoms with E-state index in [-0.39, 0.29) is 18.1 Å². The summed E-state index contributed by atoms with van der Waals surface area (Å²) in [5.74, 6) is 0.618. The van der Waals surface area contributed by atoms with Crippen LogP contribution in [0.1, 0.15) is 27.1 Å². The van der Waals surface area contributed by atoms with Crippen molar-refractivity contribution < 1.29 is 9.32 Å². The number of para-hydroxylation sites is 1. The Balaban J connectivity index is 1.42. The van der Waals surface area contributed by atoms with Crippen LogP contribution in [-0.4, -0.2) is 21.0 Å². The van der Waals surface area contributed by atoms with Gasteiger partial charge in [-0.05, 0) is 23.6 Å². The Bertz CT molecular complexity index is 1060. The van der Waals surface area contributed by atoms with Gasteiger partial charge in [-0.3, -0.25) is 4.79 Å². The van der Waals surface area contributed by atoms with Gasteiger partial charge < -0.3 is 9.84 Å². The predicted octanol–water partition coefficient (Wildman–Crippen LogP) is 3.85. The van der Waals surface area contributed by atoms with Crippen molar-refractivity contribution in [2.24, 2.45) is 0 Å². The van der Waals surface area contributed by atoms with Crippen molar-refractivity contribution in [3.63, 3.8) is 0 Å². The molecule has 4 rings (SSSR count). The molecule has 0 aliphatic heterocycles. The summed E-state index contributed by atoms with van der Waals surface area (Å²) in [5.41, 5.74) is 0.882. The van der Waals surface area contributed by atoms with E-state index in [0.717, 1.165) is 10.3 Å². The van der Waals surface area contributed by atoms with Crippen LogP contribution in [0, 0.1) is 0 Å². The van der Waals surface area contributed by atoms with Crippen LogP contribution in [0.25, 0.3) is 10.9 Å². The standard InChI is InChI=1S/C18H13ClN4O2S/c19-13-5-1-3-11-6-7-14(21-17(11)13)18(24)20-10-15-22-16(25-23-15)9-12-4-2-8-26-12/h1-8H,9-10H2,(H,20,24). The summed E-state index contributed by atoms with van der Waals surface area (Å²) < 4.78 is 5.21. The molecule has 4 aromatic rings. The minimum Gasteiger partial charge on any atom is -0.343 e. The summed E-state index contributed by atoms with van der Waals surface area (Å²) in [6, 6.07) is 12.9. The number of pyridine rings is 1. The largest absolute Gasteiger partial charge is 0.343 e. The second-order valence-electron chi connectivity index (χ2n) is 5.55. The van der Waals surface area contributed by atoms with E-state index in [9.17, 15) is 4.79 Å². The molecule has 0 unspecified atom stereocenters. The first kappa shape index (κ1) is 16.7. The van der Waals surface area contributed by atoms with Crippen molar-refractivity contribution in [2.45, 2.75) is 13.0 Å². The maximum absolute atomic E-state index is 12.3. The molecule has 0 saturated heterocycles. The molecular formula is C18H13ClN4O2S. The highest BCUT2D eigenvalue weighted by Crippen LogP contribution is 2.21. The van der Waals surface area contributed by atoms with E-state index in [0.29, 0.717) is 28.7 Å². The third-order valence-electron chi connectivity index (χ3n) is 3.73. The number of carbonyl (C=O) groups is 1. The molecule has 130 valence electrons. The Morgan fingerprint density at radius 2 is 2.08 bits per heavy atom. The molecule has 0 radical (unpaired) electrons. The molecule has 0 atom stereocenters. The lowest BCUT2D eigenvalue weighted by atomic mass is 10.2. The minimum absolute atomic E-state index is 0.162. The van der Waals surface area contributed by atoms with Gasteiger partial charge in [0.1, 0.15) is 5.69 Å².